The zero-order valence-electron chi connectivity index (χ0n) is 21.2. The van der Waals surface area contributed by atoms with Gasteiger partial charge in [0, 0.05) is 10.8 Å². The average Bonchev–Trinajstić information content (AvgIpc) is 3.58. The lowest BCUT2D eigenvalue weighted by Gasteiger charge is -2.06. The number of thioether (sulfide) groups is 2. The van der Waals surface area contributed by atoms with E-state index >= 15 is 0 Å². The van der Waals surface area contributed by atoms with Crippen LogP contribution in [0, 0.1) is 0 Å². The predicted octanol–water partition coefficient (Wildman–Crippen LogP) is 5.76. The van der Waals surface area contributed by atoms with Crippen molar-refractivity contribution in [1.29, 1.82) is 0 Å². The van der Waals surface area contributed by atoms with Crippen molar-refractivity contribution in [3.63, 3.8) is 0 Å². The number of rotatable bonds is 12. The zero-order chi connectivity index (χ0) is 28.4. The van der Waals surface area contributed by atoms with Gasteiger partial charge in [-0.25, -0.2) is 10.1 Å². The van der Waals surface area contributed by atoms with Crippen molar-refractivity contribution < 1.29 is 9.53 Å². The Hall–Kier alpha value is -4.11. The second kappa shape index (κ2) is 14.0. The van der Waals surface area contributed by atoms with Crippen LogP contribution in [0.5, 0.6) is 11.5 Å². The lowest BCUT2D eigenvalue weighted by atomic mass is 10.2. The smallest absolute Gasteiger partial charge is 0.264 e. The molecule has 15 heteroatoms. The third kappa shape index (κ3) is 8.20. The Bertz CT molecular complexity index is 1650. The molecule has 0 spiro atoms. The van der Waals surface area contributed by atoms with E-state index in [9.17, 15) is 4.79 Å². The predicted molar refractivity (Wildman–Crippen MR) is 165 cm³/mol. The van der Waals surface area contributed by atoms with Gasteiger partial charge in [0.15, 0.2) is 4.34 Å². The summed E-state index contributed by atoms with van der Waals surface area (Å²) in [6, 6.07) is 24.6. The van der Waals surface area contributed by atoms with Gasteiger partial charge in [-0.1, -0.05) is 95.0 Å². The minimum atomic E-state index is -0.276. The number of nitrogens with one attached hydrogen (secondary N) is 2. The first kappa shape index (κ1) is 28.4. The molecule has 3 aromatic carbocycles. The number of anilines is 2. The van der Waals surface area contributed by atoms with Crippen LogP contribution in [-0.4, -0.2) is 42.9 Å². The second-order valence-electron chi connectivity index (χ2n) is 8.12. The Morgan fingerprint density at radius 3 is 2.66 bits per heavy atom. The molecule has 5 aromatic rings. The molecule has 11 nitrogen and oxygen atoms in total. The van der Waals surface area contributed by atoms with E-state index in [1.54, 1.807) is 6.21 Å². The molecule has 2 aromatic heterocycles. The van der Waals surface area contributed by atoms with Gasteiger partial charge < -0.3 is 10.6 Å². The Morgan fingerprint density at radius 2 is 1.80 bits per heavy atom. The van der Waals surface area contributed by atoms with Gasteiger partial charge in [-0.05, 0) is 41.5 Å². The van der Waals surface area contributed by atoms with Crippen LogP contribution in [-0.2, 0) is 10.5 Å². The third-order valence-corrected chi connectivity index (χ3v) is 8.51. The molecule has 1 amide bonds. The number of hydrazone groups is 1. The van der Waals surface area contributed by atoms with E-state index in [-0.39, 0.29) is 17.6 Å². The van der Waals surface area contributed by atoms with Crippen molar-refractivity contribution in [2.24, 2.45) is 5.10 Å². The lowest BCUT2D eigenvalue weighted by Crippen LogP contribution is -2.16. The molecule has 0 unspecified atom stereocenters. The van der Waals surface area contributed by atoms with Crippen LogP contribution < -0.4 is 21.3 Å². The van der Waals surface area contributed by atoms with Crippen LogP contribution in [0.25, 0.3) is 0 Å². The van der Waals surface area contributed by atoms with Crippen molar-refractivity contribution in [3.8, 4) is 11.5 Å². The Morgan fingerprint density at radius 1 is 1.00 bits per heavy atom. The van der Waals surface area contributed by atoms with Crippen LogP contribution in [0.15, 0.2) is 93.5 Å². The number of hydrogen-bond acceptors (Lipinski definition) is 12. The number of nitrogen functional groups attached to an aromatic ring is 1. The van der Waals surface area contributed by atoms with E-state index in [4.69, 9.17) is 22.2 Å². The van der Waals surface area contributed by atoms with Crippen LogP contribution >= 0.6 is 46.5 Å². The number of aromatic nitrogens is 5. The molecule has 0 bridgehead atoms. The first-order valence-electron chi connectivity index (χ1n) is 12.0. The largest absolute Gasteiger partial charge is 0.457 e. The lowest BCUT2D eigenvalue weighted by molar-refractivity contribution is -0.113. The third-order valence-electron chi connectivity index (χ3n) is 5.17. The molecule has 208 valence electrons. The molecule has 0 atom stereocenters. The maximum absolute atomic E-state index is 12.4. The number of hydrogen-bond donors (Lipinski definition) is 3. The Kier molecular flexibility index (Phi) is 9.69. The average molecular weight is 624 g/mol. The SMILES string of the molecule is Nn1c(N/N=C/c2cccc(Oc3ccccc3)c2)nnc1SCC(=O)Nc1nnc(SCc2ccccc2Cl)s1. The summed E-state index contributed by atoms with van der Waals surface area (Å²) in [5.41, 5.74) is 4.57. The summed E-state index contributed by atoms with van der Waals surface area (Å²) in [7, 11) is 0. The summed E-state index contributed by atoms with van der Waals surface area (Å²) in [5.74, 6) is 8.14. The fourth-order valence-corrected chi connectivity index (χ4v) is 5.97. The van der Waals surface area contributed by atoms with E-state index < -0.39 is 0 Å². The molecule has 0 aliphatic carbocycles. The van der Waals surface area contributed by atoms with E-state index in [0.717, 1.165) is 33.0 Å². The molecular weight excluding hydrogens is 602 g/mol. The molecular formula is C26H22ClN9O2S3. The van der Waals surface area contributed by atoms with Crippen LogP contribution in [0.1, 0.15) is 11.1 Å². The molecule has 5 rings (SSSR count). The maximum atomic E-state index is 12.4. The van der Waals surface area contributed by atoms with Crippen molar-refractivity contribution in [2.75, 3.05) is 22.3 Å². The minimum Gasteiger partial charge on any atom is -0.457 e. The highest BCUT2D eigenvalue weighted by molar-refractivity contribution is 8.00. The van der Waals surface area contributed by atoms with Crippen molar-refractivity contribution in [2.45, 2.75) is 15.2 Å². The number of carbonyl (C=O) groups excluding carboxylic acids is 1. The first-order valence-corrected chi connectivity index (χ1v) is 15.1. The number of ether oxygens (including phenoxy) is 1. The second-order valence-corrected chi connectivity index (χ2v) is 11.7. The van der Waals surface area contributed by atoms with Gasteiger partial charge in [0.2, 0.25) is 16.2 Å². The molecule has 4 N–H and O–H groups in total. The van der Waals surface area contributed by atoms with Gasteiger partial charge in [0.1, 0.15) is 11.5 Å². The van der Waals surface area contributed by atoms with Gasteiger partial charge in [-0.2, -0.15) is 5.10 Å². The molecule has 0 saturated carbocycles. The van der Waals surface area contributed by atoms with Crippen molar-refractivity contribution in [3.05, 3.63) is 95.0 Å². The summed E-state index contributed by atoms with van der Waals surface area (Å²) in [5, 5.41) is 24.5. The van der Waals surface area contributed by atoms with Gasteiger partial charge in [-0.15, -0.1) is 20.4 Å². The molecule has 0 fully saturated rings. The number of amides is 1. The number of nitrogens with two attached hydrogens (primary N) is 1. The fourth-order valence-electron chi connectivity index (χ4n) is 3.26. The quantitative estimate of drug-likeness (QED) is 0.0515. The molecule has 0 saturated heterocycles. The van der Waals surface area contributed by atoms with Gasteiger partial charge in [0.25, 0.3) is 5.95 Å². The van der Waals surface area contributed by atoms with Gasteiger partial charge in [0.05, 0.1) is 12.0 Å². The molecule has 41 heavy (non-hydrogen) atoms. The van der Waals surface area contributed by atoms with Gasteiger partial charge in [-0.3, -0.25) is 10.1 Å². The summed E-state index contributed by atoms with van der Waals surface area (Å²) >= 11 is 10.1. The summed E-state index contributed by atoms with van der Waals surface area (Å²) in [4.78, 5) is 12.4. The molecule has 0 aliphatic heterocycles. The zero-order valence-corrected chi connectivity index (χ0v) is 24.4. The Labute approximate surface area is 252 Å². The van der Waals surface area contributed by atoms with Crippen LogP contribution in [0.2, 0.25) is 5.02 Å². The van der Waals surface area contributed by atoms with E-state index in [1.165, 1.54) is 27.8 Å². The maximum Gasteiger partial charge on any atom is 0.264 e. The van der Waals surface area contributed by atoms with Crippen LogP contribution in [0.4, 0.5) is 11.1 Å². The van der Waals surface area contributed by atoms with Crippen LogP contribution in [0.3, 0.4) is 0 Å². The number of para-hydroxylation sites is 1. The number of benzene rings is 3. The summed E-state index contributed by atoms with van der Waals surface area (Å²) in [6.07, 6.45) is 1.61. The topological polar surface area (TPSA) is 145 Å². The fraction of sp³-hybridized carbons (Fsp3) is 0.0769. The first-order chi connectivity index (χ1) is 20.0. The highest BCUT2D eigenvalue weighted by Gasteiger charge is 2.14. The van der Waals surface area contributed by atoms with E-state index in [2.05, 4.69) is 36.2 Å². The highest BCUT2D eigenvalue weighted by Crippen LogP contribution is 2.30. The standard InChI is InChI=1S/C26H22ClN9O2S3/c27-21-12-5-4-8-18(21)15-40-26-35-33-24(41-26)30-22(37)16-39-25-34-32-23(36(25)28)31-29-14-17-7-6-11-20(13-17)38-19-9-2-1-3-10-19/h1-14H,15-16,28H2,(H,31,32)(H,30,33,37)/b29-14+. The normalized spacial score (nSPS) is 11.0. The molecule has 0 radical (unpaired) electrons. The monoisotopic (exact) mass is 623 g/mol. The Balaban J connectivity index is 1.08. The van der Waals surface area contributed by atoms with Gasteiger partial charge >= 0.3 is 0 Å². The number of carbonyl (C=O) groups is 1. The minimum absolute atomic E-state index is 0.0501. The van der Waals surface area contributed by atoms with Crippen molar-refractivity contribution >= 4 is 69.7 Å². The molecule has 0 aliphatic rings. The highest BCUT2D eigenvalue weighted by atomic mass is 35.5. The number of nitrogens with zero attached hydrogens (tertiary/aromatic N) is 6. The summed E-state index contributed by atoms with van der Waals surface area (Å²) < 4.78 is 7.79. The van der Waals surface area contributed by atoms with E-state index in [0.29, 0.717) is 26.8 Å². The van der Waals surface area contributed by atoms with Crippen molar-refractivity contribution in [1.82, 2.24) is 25.1 Å². The van der Waals surface area contributed by atoms with E-state index in [1.807, 2.05) is 78.9 Å². The summed E-state index contributed by atoms with van der Waals surface area (Å²) in [6.45, 7) is 0. The number of halogens is 1. The molecule has 2 heterocycles.